The molecule has 1 atom stereocenters. The van der Waals surface area contributed by atoms with Crippen LogP contribution in [0, 0.1) is 0 Å². The van der Waals surface area contributed by atoms with Gasteiger partial charge in [-0.3, -0.25) is 4.79 Å². The van der Waals surface area contributed by atoms with E-state index in [1.807, 2.05) is 6.92 Å². The molecule has 0 aliphatic rings. The van der Waals surface area contributed by atoms with E-state index in [2.05, 4.69) is 0 Å². The number of aromatic carboxylic acids is 1. The van der Waals surface area contributed by atoms with E-state index in [-0.39, 0.29) is 5.56 Å². The number of halogens is 1. The molecule has 6 heteroatoms. The van der Waals surface area contributed by atoms with Crippen molar-refractivity contribution in [3.63, 3.8) is 0 Å². The predicted octanol–water partition coefficient (Wildman–Crippen LogP) is 3.77. The summed E-state index contributed by atoms with van der Waals surface area (Å²) >= 11 is 6.82. The van der Waals surface area contributed by atoms with Crippen LogP contribution < -0.4 is 0 Å². The lowest BCUT2D eigenvalue weighted by molar-refractivity contribution is -0.136. The predicted molar refractivity (Wildman–Crippen MR) is 75.2 cm³/mol. The summed E-state index contributed by atoms with van der Waals surface area (Å²) in [5.74, 6) is -2.03. The molecule has 19 heavy (non-hydrogen) atoms. The second-order valence-corrected chi connectivity index (χ2v) is 5.71. The van der Waals surface area contributed by atoms with Gasteiger partial charge < -0.3 is 10.2 Å². The molecule has 0 aliphatic carbocycles. The number of unbranched alkanes of at least 4 members (excludes halogenated alkanes) is 1. The second-order valence-electron chi connectivity index (χ2n) is 4.03. The molecule has 104 valence electrons. The third-order valence-electron chi connectivity index (χ3n) is 2.54. The van der Waals surface area contributed by atoms with Crippen molar-refractivity contribution >= 4 is 35.3 Å². The molecular formula is C13H15ClO4S. The first-order valence-corrected chi connectivity index (χ1v) is 7.13. The highest BCUT2D eigenvalue weighted by molar-refractivity contribution is 8.00. The quantitative estimate of drug-likeness (QED) is 0.750. The maximum Gasteiger partial charge on any atom is 0.336 e. The minimum atomic E-state index is -1.11. The Bertz CT molecular complexity index is 476. The van der Waals surface area contributed by atoms with Gasteiger partial charge in [0.05, 0.1) is 5.56 Å². The van der Waals surface area contributed by atoms with Gasteiger partial charge in [-0.15, -0.1) is 11.8 Å². The van der Waals surface area contributed by atoms with Gasteiger partial charge in [0.2, 0.25) is 0 Å². The van der Waals surface area contributed by atoms with Gasteiger partial charge in [0.25, 0.3) is 0 Å². The van der Waals surface area contributed by atoms with Gasteiger partial charge in [-0.2, -0.15) is 0 Å². The maximum atomic E-state index is 11.2. The van der Waals surface area contributed by atoms with E-state index in [0.29, 0.717) is 16.3 Å². The summed E-state index contributed by atoms with van der Waals surface area (Å²) < 4.78 is 0. The highest BCUT2D eigenvalue weighted by Crippen LogP contribution is 2.31. The molecule has 0 saturated carbocycles. The molecule has 0 fully saturated rings. The minimum Gasteiger partial charge on any atom is -0.480 e. The van der Waals surface area contributed by atoms with Crippen molar-refractivity contribution in [3.8, 4) is 0 Å². The van der Waals surface area contributed by atoms with Crippen LogP contribution in [0.4, 0.5) is 0 Å². The van der Waals surface area contributed by atoms with Crippen LogP contribution >= 0.6 is 23.4 Å². The van der Waals surface area contributed by atoms with Gasteiger partial charge in [0.15, 0.2) is 0 Å². The molecule has 2 N–H and O–H groups in total. The normalized spacial score (nSPS) is 12.1. The zero-order chi connectivity index (χ0) is 14.4. The van der Waals surface area contributed by atoms with E-state index in [4.69, 9.17) is 21.8 Å². The Morgan fingerprint density at radius 2 is 2.05 bits per heavy atom. The van der Waals surface area contributed by atoms with Crippen LogP contribution in [0.1, 0.15) is 36.5 Å². The van der Waals surface area contributed by atoms with E-state index in [0.717, 1.165) is 24.6 Å². The molecule has 1 unspecified atom stereocenters. The van der Waals surface area contributed by atoms with Gasteiger partial charge >= 0.3 is 11.9 Å². The minimum absolute atomic E-state index is 0.0419. The van der Waals surface area contributed by atoms with Gasteiger partial charge in [0, 0.05) is 9.92 Å². The lowest BCUT2D eigenvalue weighted by Crippen LogP contribution is -2.16. The van der Waals surface area contributed by atoms with Crippen molar-refractivity contribution in [1.82, 2.24) is 0 Å². The van der Waals surface area contributed by atoms with Gasteiger partial charge in [-0.1, -0.05) is 31.4 Å². The van der Waals surface area contributed by atoms with E-state index in [1.165, 1.54) is 6.07 Å². The fraction of sp³-hybridized carbons (Fsp3) is 0.385. The molecule has 0 radical (unpaired) electrons. The summed E-state index contributed by atoms with van der Waals surface area (Å²) in [4.78, 5) is 22.7. The number of hydrogen-bond donors (Lipinski definition) is 2. The summed E-state index contributed by atoms with van der Waals surface area (Å²) in [6.45, 7) is 1.98. The number of rotatable bonds is 7. The Kier molecular flexibility index (Phi) is 6.18. The Balaban J connectivity index is 2.95. The van der Waals surface area contributed by atoms with Crippen LogP contribution in [-0.2, 0) is 4.79 Å². The zero-order valence-electron chi connectivity index (χ0n) is 10.4. The highest BCUT2D eigenvalue weighted by atomic mass is 35.5. The number of hydrogen-bond acceptors (Lipinski definition) is 3. The molecule has 0 saturated heterocycles. The number of benzene rings is 1. The third kappa shape index (κ3) is 4.76. The van der Waals surface area contributed by atoms with E-state index < -0.39 is 17.2 Å². The Morgan fingerprint density at radius 3 is 2.58 bits per heavy atom. The van der Waals surface area contributed by atoms with Crippen LogP contribution in [-0.4, -0.2) is 27.4 Å². The maximum absolute atomic E-state index is 11.2. The molecule has 0 heterocycles. The summed E-state index contributed by atoms with van der Waals surface area (Å²) in [7, 11) is 0. The number of thioether (sulfide) groups is 1. The molecule has 0 amide bonds. The highest BCUT2D eigenvalue weighted by Gasteiger charge is 2.21. The first-order valence-electron chi connectivity index (χ1n) is 5.88. The molecule has 0 spiro atoms. The standard InChI is InChI=1S/C13H15ClO4S/c1-2-3-4-11(13(17)18)19-10-6-5-8(14)7-9(10)12(15)16/h5-7,11H,2-4H2,1H3,(H,15,16)(H,17,18). The zero-order valence-corrected chi connectivity index (χ0v) is 12.0. The largest absolute Gasteiger partial charge is 0.480 e. The SMILES string of the molecule is CCCCC(Sc1ccc(Cl)cc1C(=O)O)C(=O)O. The monoisotopic (exact) mass is 302 g/mol. The summed E-state index contributed by atoms with van der Waals surface area (Å²) in [6, 6.07) is 4.46. The van der Waals surface area contributed by atoms with Gasteiger partial charge in [-0.05, 0) is 24.6 Å². The number of carboxylic acid groups (broad SMARTS) is 2. The van der Waals surface area contributed by atoms with Gasteiger partial charge in [0.1, 0.15) is 5.25 Å². The fourth-order valence-electron chi connectivity index (χ4n) is 1.55. The molecule has 1 aromatic carbocycles. The Hall–Kier alpha value is -1.20. The van der Waals surface area contributed by atoms with Crippen molar-refractivity contribution < 1.29 is 19.8 Å². The van der Waals surface area contributed by atoms with Gasteiger partial charge in [-0.25, -0.2) is 4.79 Å². The molecule has 0 bridgehead atoms. The molecule has 4 nitrogen and oxygen atoms in total. The molecular weight excluding hydrogens is 288 g/mol. The second kappa shape index (κ2) is 7.40. The van der Waals surface area contributed by atoms with Crippen molar-refractivity contribution in [2.45, 2.75) is 36.3 Å². The molecule has 0 aromatic heterocycles. The third-order valence-corrected chi connectivity index (χ3v) is 4.10. The van der Waals surface area contributed by atoms with E-state index >= 15 is 0 Å². The lowest BCUT2D eigenvalue weighted by Gasteiger charge is -2.13. The molecule has 0 aliphatic heterocycles. The van der Waals surface area contributed by atoms with Crippen molar-refractivity contribution in [2.75, 3.05) is 0 Å². The van der Waals surface area contributed by atoms with E-state index in [9.17, 15) is 9.59 Å². The lowest BCUT2D eigenvalue weighted by atomic mass is 10.2. The Morgan fingerprint density at radius 1 is 1.37 bits per heavy atom. The van der Waals surface area contributed by atoms with Crippen molar-refractivity contribution in [1.29, 1.82) is 0 Å². The van der Waals surface area contributed by atoms with Crippen LogP contribution in [0.5, 0.6) is 0 Å². The number of carboxylic acids is 2. The smallest absolute Gasteiger partial charge is 0.336 e. The fourth-order valence-corrected chi connectivity index (χ4v) is 2.83. The van der Waals surface area contributed by atoms with Crippen LogP contribution in [0.2, 0.25) is 5.02 Å². The molecule has 1 aromatic rings. The van der Waals surface area contributed by atoms with Crippen LogP contribution in [0.3, 0.4) is 0 Å². The first-order chi connectivity index (χ1) is 8.95. The van der Waals surface area contributed by atoms with E-state index in [1.54, 1.807) is 12.1 Å². The number of aliphatic carboxylic acids is 1. The van der Waals surface area contributed by atoms with Crippen molar-refractivity contribution in [2.24, 2.45) is 0 Å². The van der Waals surface area contributed by atoms with Crippen LogP contribution in [0.25, 0.3) is 0 Å². The van der Waals surface area contributed by atoms with Crippen LogP contribution in [0.15, 0.2) is 23.1 Å². The average Bonchev–Trinajstić information content (AvgIpc) is 2.35. The Labute approximate surface area is 120 Å². The summed E-state index contributed by atoms with van der Waals surface area (Å²) in [5, 5.41) is 17.9. The summed E-state index contributed by atoms with van der Waals surface area (Å²) in [5.41, 5.74) is 0.0419. The van der Waals surface area contributed by atoms with Crippen molar-refractivity contribution in [3.05, 3.63) is 28.8 Å². The summed E-state index contributed by atoms with van der Waals surface area (Å²) in [6.07, 6.45) is 2.20. The number of carbonyl (C=O) groups is 2. The first kappa shape index (κ1) is 15.9. The topological polar surface area (TPSA) is 74.6 Å². The average molecular weight is 303 g/mol. The molecule has 1 rings (SSSR count).